The molecule has 1 aromatic carbocycles. The maximum Gasteiger partial charge on any atom is 0.183 e. The molecule has 0 atom stereocenters. The molecule has 2 aromatic rings. The Kier molecular flexibility index (Phi) is 3.96. The Morgan fingerprint density at radius 1 is 1.21 bits per heavy atom. The first-order valence-corrected chi connectivity index (χ1v) is 7.96. The first-order chi connectivity index (χ1) is 9.22. The van der Waals surface area contributed by atoms with Gasteiger partial charge in [0.15, 0.2) is 5.13 Å². The van der Waals surface area contributed by atoms with Gasteiger partial charge in [0.25, 0.3) is 0 Å². The Balaban J connectivity index is 1.70. The second-order valence-electron chi connectivity index (χ2n) is 4.69. The van der Waals surface area contributed by atoms with Crippen molar-refractivity contribution in [2.24, 2.45) is 0 Å². The third-order valence-electron chi connectivity index (χ3n) is 3.29. The molecule has 0 fully saturated rings. The predicted octanol–water partition coefficient (Wildman–Crippen LogP) is 4.94. The molecule has 3 rings (SSSR count). The summed E-state index contributed by atoms with van der Waals surface area (Å²) in [6.45, 7) is 0.683. The van der Waals surface area contributed by atoms with Crippen LogP contribution in [0.15, 0.2) is 18.2 Å². The average molecular weight is 313 g/mol. The number of rotatable bonds is 3. The summed E-state index contributed by atoms with van der Waals surface area (Å²) >= 11 is 13.8. The number of fused-ring (bicyclic) bond motifs is 1. The highest BCUT2D eigenvalue weighted by molar-refractivity contribution is 7.15. The van der Waals surface area contributed by atoms with Gasteiger partial charge < -0.3 is 5.32 Å². The minimum Gasteiger partial charge on any atom is -0.357 e. The molecule has 0 spiro atoms. The molecule has 0 amide bonds. The number of nitrogens with zero attached hydrogens (tertiary/aromatic N) is 1. The Labute approximate surface area is 126 Å². The number of hydrogen-bond donors (Lipinski definition) is 1. The van der Waals surface area contributed by atoms with Crippen molar-refractivity contribution in [1.82, 2.24) is 4.98 Å². The van der Waals surface area contributed by atoms with Crippen molar-refractivity contribution < 1.29 is 0 Å². The van der Waals surface area contributed by atoms with E-state index in [-0.39, 0.29) is 0 Å². The Morgan fingerprint density at radius 3 is 2.84 bits per heavy atom. The molecule has 1 aliphatic rings. The van der Waals surface area contributed by atoms with Crippen molar-refractivity contribution in [2.75, 3.05) is 5.32 Å². The molecule has 0 bridgehead atoms. The van der Waals surface area contributed by atoms with Gasteiger partial charge >= 0.3 is 0 Å². The van der Waals surface area contributed by atoms with E-state index in [1.54, 1.807) is 17.4 Å². The summed E-state index contributed by atoms with van der Waals surface area (Å²) in [5, 5.41) is 5.72. The van der Waals surface area contributed by atoms with Gasteiger partial charge in [-0.1, -0.05) is 29.3 Å². The number of aryl methyl sites for hydroxylation is 2. The normalized spacial score (nSPS) is 14.2. The van der Waals surface area contributed by atoms with E-state index in [2.05, 4.69) is 10.3 Å². The minimum absolute atomic E-state index is 0.665. The van der Waals surface area contributed by atoms with Gasteiger partial charge in [0, 0.05) is 21.5 Å². The number of anilines is 1. The molecule has 5 heteroatoms. The van der Waals surface area contributed by atoms with E-state index in [1.807, 2.05) is 12.1 Å². The van der Waals surface area contributed by atoms with E-state index >= 15 is 0 Å². The van der Waals surface area contributed by atoms with Crippen LogP contribution in [0.3, 0.4) is 0 Å². The van der Waals surface area contributed by atoms with Gasteiger partial charge in [-0.3, -0.25) is 0 Å². The van der Waals surface area contributed by atoms with E-state index in [9.17, 15) is 0 Å². The van der Waals surface area contributed by atoms with E-state index in [4.69, 9.17) is 23.2 Å². The highest BCUT2D eigenvalue weighted by Gasteiger charge is 2.14. The zero-order valence-electron chi connectivity index (χ0n) is 10.4. The highest BCUT2D eigenvalue weighted by Crippen LogP contribution is 2.30. The second kappa shape index (κ2) is 5.70. The van der Waals surface area contributed by atoms with Gasteiger partial charge in [-0.15, -0.1) is 11.3 Å². The third kappa shape index (κ3) is 3.04. The lowest BCUT2D eigenvalue weighted by Crippen LogP contribution is -2.01. The predicted molar refractivity (Wildman–Crippen MR) is 82.5 cm³/mol. The quantitative estimate of drug-likeness (QED) is 0.868. The molecule has 0 saturated heterocycles. The standard InChI is InChI=1S/C14H14Cl2N2S/c15-10-6-5-9(11(16)7-10)8-17-14-18-12-3-1-2-4-13(12)19-14/h5-7H,1-4,8H2,(H,17,18). The maximum atomic E-state index is 6.16. The summed E-state index contributed by atoms with van der Waals surface area (Å²) in [6.07, 6.45) is 4.85. The molecule has 100 valence electrons. The number of aromatic nitrogens is 1. The van der Waals surface area contributed by atoms with Crippen molar-refractivity contribution in [2.45, 2.75) is 32.2 Å². The van der Waals surface area contributed by atoms with E-state index in [1.165, 1.54) is 29.8 Å². The summed E-state index contributed by atoms with van der Waals surface area (Å²) in [5.41, 5.74) is 2.32. The highest BCUT2D eigenvalue weighted by atomic mass is 35.5. The second-order valence-corrected chi connectivity index (χ2v) is 6.61. The average Bonchev–Trinajstić information content (AvgIpc) is 2.80. The Morgan fingerprint density at radius 2 is 2.05 bits per heavy atom. The summed E-state index contributed by atoms with van der Waals surface area (Å²) < 4.78 is 0. The lowest BCUT2D eigenvalue weighted by molar-refractivity contribution is 0.682. The van der Waals surface area contributed by atoms with Crippen LogP contribution in [-0.4, -0.2) is 4.98 Å². The van der Waals surface area contributed by atoms with E-state index in [0.717, 1.165) is 17.1 Å². The molecule has 0 saturated carbocycles. The lowest BCUT2D eigenvalue weighted by Gasteiger charge is -2.06. The fraction of sp³-hybridized carbons (Fsp3) is 0.357. The van der Waals surface area contributed by atoms with Gasteiger partial charge in [0.2, 0.25) is 0 Å². The van der Waals surface area contributed by atoms with E-state index < -0.39 is 0 Å². The number of nitrogens with one attached hydrogen (secondary N) is 1. The third-order valence-corrected chi connectivity index (χ3v) is 4.99. The van der Waals surface area contributed by atoms with Crippen LogP contribution in [0.4, 0.5) is 5.13 Å². The summed E-state index contributed by atoms with van der Waals surface area (Å²) in [6, 6.07) is 5.58. The first kappa shape index (κ1) is 13.2. The number of hydrogen-bond acceptors (Lipinski definition) is 3. The van der Waals surface area contributed by atoms with Crippen molar-refractivity contribution in [3.05, 3.63) is 44.4 Å². The van der Waals surface area contributed by atoms with Crippen LogP contribution in [-0.2, 0) is 19.4 Å². The minimum atomic E-state index is 0.665. The van der Waals surface area contributed by atoms with Gasteiger partial charge in [-0.05, 0) is 43.4 Å². The van der Waals surface area contributed by atoms with Crippen molar-refractivity contribution in [1.29, 1.82) is 0 Å². The van der Waals surface area contributed by atoms with Crippen molar-refractivity contribution in [3.8, 4) is 0 Å². The van der Waals surface area contributed by atoms with Crippen LogP contribution in [0.5, 0.6) is 0 Å². The fourth-order valence-electron chi connectivity index (χ4n) is 2.26. The Hall–Kier alpha value is -0.770. The molecule has 0 unspecified atom stereocenters. The van der Waals surface area contributed by atoms with Crippen molar-refractivity contribution >= 4 is 39.7 Å². The van der Waals surface area contributed by atoms with Gasteiger partial charge in [-0.25, -0.2) is 4.98 Å². The van der Waals surface area contributed by atoms with Crippen LogP contribution < -0.4 is 5.32 Å². The summed E-state index contributed by atoms with van der Waals surface area (Å²) in [4.78, 5) is 6.09. The van der Waals surface area contributed by atoms with E-state index in [0.29, 0.717) is 16.6 Å². The van der Waals surface area contributed by atoms with Gasteiger partial charge in [0.1, 0.15) is 0 Å². The first-order valence-electron chi connectivity index (χ1n) is 6.39. The van der Waals surface area contributed by atoms with Crippen molar-refractivity contribution in [3.63, 3.8) is 0 Å². The summed E-state index contributed by atoms with van der Waals surface area (Å²) in [5.74, 6) is 0. The topological polar surface area (TPSA) is 24.9 Å². The molecule has 1 aliphatic carbocycles. The lowest BCUT2D eigenvalue weighted by atomic mass is 10.0. The Bertz CT molecular complexity index is 572. The maximum absolute atomic E-state index is 6.16. The molecule has 1 aromatic heterocycles. The smallest absolute Gasteiger partial charge is 0.183 e. The monoisotopic (exact) mass is 312 g/mol. The molecular weight excluding hydrogens is 299 g/mol. The number of thiazole rings is 1. The SMILES string of the molecule is Clc1ccc(CNc2nc3c(s2)CCCC3)c(Cl)c1. The van der Waals surface area contributed by atoms with Crippen LogP contribution in [0.25, 0.3) is 0 Å². The summed E-state index contributed by atoms with van der Waals surface area (Å²) in [7, 11) is 0. The molecule has 19 heavy (non-hydrogen) atoms. The van der Waals surface area contributed by atoms with Crippen LogP contribution in [0, 0.1) is 0 Å². The number of benzene rings is 1. The zero-order chi connectivity index (χ0) is 13.2. The zero-order valence-corrected chi connectivity index (χ0v) is 12.7. The molecule has 1 heterocycles. The largest absolute Gasteiger partial charge is 0.357 e. The molecule has 1 N–H and O–H groups in total. The van der Waals surface area contributed by atoms with Crippen LogP contribution in [0.1, 0.15) is 29.0 Å². The molecular formula is C14H14Cl2N2S. The van der Waals surface area contributed by atoms with Crippen LogP contribution >= 0.6 is 34.5 Å². The van der Waals surface area contributed by atoms with Crippen LogP contribution in [0.2, 0.25) is 10.0 Å². The van der Waals surface area contributed by atoms with Gasteiger partial charge in [0.05, 0.1) is 5.69 Å². The molecule has 0 aliphatic heterocycles. The fourth-order valence-corrected chi connectivity index (χ4v) is 3.78. The number of halogens is 2. The van der Waals surface area contributed by atoms with Gasteiger partial charge in [-0.2, -0.15) is 0 Å². The molecule has 2 nitrogen and oxygen atoms in total. The molecule has 0 radical (unpaired) electrons.